The van der Waals surface area contributed by atoms with Gasteiger partial charge in [-0.2, -0.15) is 0 Å². The Morgan fingerprint density at radius 3 is 2.48 bits per heavy atom. The fourth-order valence-corrected chi connectivity index (χ4v) is 3.64. The fourth-order valence-electron chi connectivity index (χ4n) is 3.64. The molecule has 2 aromatic heterocycles. The largest absolute Gasteiger partial charge is 0.355 e. The van der Waals surface area contributed by atoms with Crippen LogP contribution in [-0.4, -0.2) is 59.2 Å². The number of fused-ring (bicyclic) bond motifs is 1. The van der Waals surface area contributed by atoms with Crippen LogP contribution in [0.3, 0.4) is 0 Å². The van der Waals surface area contributed by atoms with Gasteiger partial charge in [-0.25, -0.2) is 9.97 Å². The van der Waals surface area contributed by atoms with Crippen LogP contribution in [0, 0.1) is 0 Å². The van der Waals surface area contributed by atoms with Gasteiger partial charge in [-0.05, 0) is 25.2 Å². The maximum atomic E-state index is 12.8. The van der Waals surface area contributed by atoms with Gasteiger partial charge in [0.1, 0.15) is 5.52 Å². The molecule has 31 heavy (non-hydrogen) atoms. The number of hydrogen-bond acceptors (Lipinski definition) is 7. The molecular formula is C23H22N6O2. The summed E-state index contributed by atoms with van der Waals surface area (Å²) in [7, 11) is 2.11. The summed E-state index contributed by atoms with van der Waals surface area (Å²) in [4.78, 5) is 26.1. The predicted molar refractivity (Wildman–Crippen MR) is 119 cm³/mol. The van der Waals surface area contributed by atoms with Gasteiger partial charge in [0, 0.05) is 37.3 Å². The average molecular weight is 414 g/mol. The van der Waals surface area contributed by atoms with E-state index in [4.69, 9.17) is 4.52 Å². The molecule has 156 valence electrons. The Bertz CT molecular complexity index is 1200. The number of likely N-dealkylation sites (N-methyl/N-ethyl adjacent to an activating group) is 1. The lowest BCUT2D eigenvalue weighted by Gasteiger charge is -2.32. The van der Waals surface area contributed by atoms with Gasteiger partial charge in [0.25, 0.3) is 5.91 Å². The van der Waals surface area contributed by atoms with E-state index >= 15 is 0 Å². The van der Waals surface area contributed by atoms with Crippen LogP contribution in [0.15, 0.2) is 65.4 Å². The number of hydrogen-bond donors (Lipinski definition) is 1. The lowest BCUT2D eigenvalue weighted by molar-refractivity contribution is 0.102. The first-order chi connectivity index (χ1) is 15.2. The minimum absolute atomic E-state index is 0.238. The summed E-state index contributed by atoms with van der Waals surface area (Å²) in [6, 6.07) is 15.0. The predicted octanol–water partition coefficient (Wildman–Crippen LogP) is 3.29. The highest BCUT2D eigenvalue weighted by molar-refractivity contribution is 6.07. The third-order valence-corrected chi connectivity index (χ3v) is 5.46. The van der Waals surface area contributed by atoms with Crippen molar-refractivity contribution in [2.75, 3.05) is 43.4 Å². The number of carbonyl (C=O) groups excluding carboxylic acids is 1. The SMILES string of the molecule is CN1CCN(c2ncc(NC(=O)c3ccc4noc(-c5ccccc5)c4c3)cn2)CC1. The first-order valence-corrected chi connectivity index (χ1v) is 10.2. The number of aromatic nitrogens is 3. The van der Waals surface area contributed by atoms with Gasteiger partial charge in [-0.3, -0.25) is 4.79 Å². The van der Waals surface area contributed by atoms with E-state index in [0.29, 0.717) is 28.5 Å². The molecule has 1 fully saturated rings. The third kappa shape index (κ3) is 3.97. The number of piperazine rings is 1. The van der Waals surface area contributed by atoms with Crippen LogP contribution in [0.2, 0.25) is 0 Å². The third-order valence-electron chi connectivity index (χ3n) is 5.46. The number of carbonyl (C=O) groups is 1. The molecule has 3 heterocycles. The Labute approximate surface area is 179 Å². The van der Waals surface area contributed by atoms with E-state index in [1.165, 1.54) is 0 Å². The van der Waals surface area contributed by atoms with Crippen molar-refractivity contribution in [3.05, 3.63) is 66.5 Å². The summed E-state index contributed by atoms with van der Waals surface area (Å²) in [5, 5.41) is 7.77. The molecule has 0 aliphatic carbocycles. The summed E-state index contributed by atoms with van der Waals surface area (Å²) in [6.45, 7) is 3.76. The summed E-state index contributed by atoms with van der Waals surface area (Å²) in [6.07, 6.45) is 3.29. The topological polar surface area (TPSA) is 87.4 Å². The smallest absolute Gasteiger partial charge is 0.255 e. The normalized spacial score (nSPS) is 14.7. The second-order valence-electron chi connectivity index (χ2n) is 7.63. The second kappa shape index (κ2) is 8.16. The van der Waals surface area contributed by atoms with Gasteiger partial charge in [0.2, 0.25) is 5.95 Å². The van der Waals surface area contributed by atoms with Crippen molar-refractivity contribution in [2.24, 2.45) is 0 Å². The number of anilines is 2. The Morgan fingerprint density at radius 1 is 1.00 bits per heavy atom. The molecule has 1 aliphatic heterocycles. The number of nitrogens with zero attached hydrogens (tertiary/aromatic N) is 5. The lowest BCUT2D eigenvalue weighted by atomic mass is 10.1. The van der Waals surface area contributed by atoms with Gasteiger partial charge in [0.15, 0.2) is 5.76 Å². The molecule has 0 saturated carbocycles. The quantitative estimate of drug-likeness (QED) is 0.548. The highest BCUT2D eigenvalue weighted by Crippen LogP contribution is 2.29. The van der Waals surface area contributed by atoms with Crippen LogP contribution < -0.4 is 10.2 Å². The standard InChI is InChI=1S/C23H22N6O2/c1-28-9-11-29(12-10-28)23-24-14-18(15-25-23)26-22(30)17-7-8-20-19(13-17)21(31-27-20)16-5-3-2-4-6-16/h2-8,13-15H,9-12H2,1H3,(H,26,30). The maximum absolute atomic E-state index is 12.8. The van der Waals surface area contributed by atoms with Gasteiger partial charge in [0.05, 0.1) is 23.5 Å². The molecule has 2 aromatic carbocycles. The van der Waals surface area contributed by atoms with Gasteiger partial charge in [-0.15, -0.1) is 0 Å². The molecule has 1 N–H and O–H groups in total. The van der Waals surface area contributed by atoms with E-state index in [0.717, 1.165) is 37.1 Å². The molecule has 0 unspecified atom stereocenters. The van der Waals surface area contributed by atoms with Crippen LogP contribution in [-0.2, 0) is 0 Å². The van der Waals surface area contributed by atoms with E-state index in [1.54, 1.807) is 30.6 Å². The zero-order chi connectivity index (χ0) is 21.2. The van der Waals surface area contributed by atoms with Gasteiger partial charge < -0.3 is 19.6 Å². The first kappa shape index (κ1) is 19.2. The van der Waals surface area contributed by atoms with Gasteiger partial charge in [-0.1, -0.05) is 35.5 Å². The molecule has 8 heteroatoms. The number of amides is 1. The molecule has 1 aliphatic rings. The van der Waals surface area contributed by atoms with Crippen molar-refractivity contribution in [3.8, 4) is 11.3 Å². The molecule has 1 amide bonds. The van der Waals surface area contributed by atoms with E-state index < -0.39 is 0 Å². The first-order valence-electron chi connectivity index (χ1n) is 10.2. The molecule has 0 radical (unpaired) electrons. The van der Waals surface area contributed by atoms with Crippen molar-refractivity contribution in [3.63, 3.8) is 0 Å². The van der Waals surface area contributed by atoms with Crippen LogP contribution in [0.4, 0.5) is 11.6 Å². The summed E-state index contributed by atoms with van der Waals surface area (Å²) in [5.41, 5.74) is 2.68. The zero-order valence-corrected chi connectivity index (χ0v) is 17.2. The average Bonchev–Trinajstić information content (AvgIpc) is 3.24. The van der Waals surface area contributed by atoms with Crippen LogP contribution in [0.25, 0.3) is 22.2 Å². The molecule has 8 nitrogen and oxygen atoms in total. The number of nitrogens with one attached hydrogen (secondary N) is 1. The Morgan fingerprint density at radius 2 is 1.74 bits per heavy atom. The molecule has 4 aromatic rings. The second-order valence-corrected chi connectivity index (χ2v) is 7.63. The molecule has 0 bridgehead atoms. The lowest BCUT2D eigenvalue weighted by Crippen LogP contribution is -2.45. The molecule has 5 rings (SSSR count). The maximum Gasteiger partial charge on any atom is 0.255 e. The van der Waals surface area contributed by atoms with Crippen LogP contribution in [0.5, 0.6) is 0 Å². The Kier molecular flexibility index (Phi) is 5.05. The zero-order valence-electron chi connectivity index (χ0n) is 17.2. The Hall–Kier alpha value is -3.78. The molecule has 0 spiro atoms. The van der Waals surface area contributed by atoms with Crippen LogP contribution >= 0.6 is 0 Å². The molecule has 1 saturated heterocycles. The fraction of sp³-hybridized carbons (Fsp3) is 0.217. The van der Waals surface area contributed by atoms with Crippen molar-refractivity contribution >= 4 is 28.4 Å². The molecular weight excluding hydrogens is 392 g/mol. The van der Waals surface area contributed by atoms with Crippen LogP contribution in [0.1, 0.15) is 10.4 Å². The van der Waals surface area contributed by atoms with E-state index in [1.807, 2.05) is 30.3 Å². The van der Waals surface area contributed by atoms with E-state index in [-0.39, 0.29) is 5.91 Å². The minimum Gasteiger partial charge on any atom is -0.355 e. The van der Waals surface area contributed by atoms with E-state index in [2.05, 4.69) is 37.3 Å². The van der Waals surface area contributed by atoms with Crippen molar-refractivity contribution in [1.82, 2.24) is 20.0 Å². The summed E-state index contributed by atoms with van der Waals surface area (Å²) < 4.78 is 5.52. The van der Waals surface area contributed by atoms with Crippen molar-refractivity contribution < 1.29 is 9.32 Å². The van der Waals surface area contributed by atoms with E-state index in [9.17, 15) is 4.79 Å². The van der Waals surface area contributed by atoms with Gasteiger partial charge >= 0.3 is 0 Å². The summed E-state index contributed by atoms with van der Waals surface area (Å²) >= 11 is 0. The van der Waals surface area contributed by atoms with Crippen molar-refractivity contribution in [1.29, 1.82) is 0 Å². The minimum atomic E-state index is -0.238. The highest BCUT2D eigenvalue weighted by atomic mass is 16.5. The number of rotatable bonds is 4. The van der Waals surface area contributed by atoms with Crippen molar-refractivity contribution in [2.45, 2.75) is 0 Å². The molecule has 0 atom stereocenters. The Balaban J connectivity index is 1.33. The number of benzene rings is 2. The monoisotopic (exact) mass is 414 g/mol. The summed E-state index contributed by atoms with van der Waals surface area (Å²) in [5.74, 6) is 1.09. The highest BCUT2D eigenvalue weighted by Gasteiger charge is 2.17.